The first-order valence-electron chi connectivity index (χ1n) is 5.52. The number of amides is 3. The highest BCUT2D eigenvalue weighted by Crippen LogP contribution is 2.37. The van der Waals surface area contributed by atoms with Gasteiger partial charge in [-0.1, -0.05) is 0 Å². The molecule has 22 heavy (non-hydrogen) atoms. The van der Waals surface area contributed by atoms with Crippen molar-refractivity contribution in [1.29, 1.82) is 0 Å². The van der Waals surface area contributed by atoms with Crippen molar-refractivity contribution >= 4 is 17.6 Å². The summed E-state index contributed by atoms with van der Waals surface area (Å²) < 4.78 is 75.4. The van der Waals surface area contributed by atoms with Crippen LogP contribution in [0.25, 0.3) is 0 Å². The van der Waals surface area contributed by atoms with Crippen LogP contribution < -0.4 is 16.4 Å². The van der Waals surface area contributed by atoms with Crippen molar-refractivity contribution in [3.05, 3.63) is 29.3 Å². The summed E-state index contributed by atoms with van der Waals surface area (Å²) in [6, 6.07) is -0.430. The first-order chi connectivity index (χ1) is 9.89. The van der Waals surface area contributed by atoms with Gasteiger partial charge in [-0.25, -0.2) is 4.79 Å². The Kier molecular flexibility index (Phi) is 4.89. The number of benzene rings is 1. The first kappa shape index (κ1) is 17.6. The summed E-state index contributed by atoms with van der Waals surface area (Å²) in [4.78, 5) is 21.4. The maximum Gasteiger partial charge on any atom is 0.416 e. The Balaban J connectivity index is 3.04. The second-order valence-electron chi connectivity index (χ2n) is 4.06. The van der Waals surface area contributed by atoms with Gasteiger partial charge in [-0.3, -0.25) is 10.1 Å². The standard InChI is InChI=1S/C11H9F6N3O2/c12-10(13,14)5-1-6(11(15,16)17)3-7(2-5)19-4-8(21)20-9(18)22/h1-3,19H,4H2,(H3,18,20,21,22). The van der Waals surface area contributed by atoms with Crippen LogP contribution in [0.1, 0.15) is 11.1 Å². The van der Waals surface area contributed by atoms with Crippen LogP contribution in [0.2, 0.25) is 0 Å². The third kappa shape index (κ3) is 5.14. The van der Waals surface area contributed by atoms with E-state index in [-0.39, 0.29) is 6.07 Å². The fourth-order valence-corrected chi connectivity index (χ4v) is 1.42. The molecule has 0 aliphatic rings. The van der Waals surface area contributed by atoms with E-state index < -0.39 is 47.6 Å². The predicted octanol–water partition coefficient (Wildman–Crippen LogP) is 2.33. The van der Waals surface area contributed by atoms with E-state index in [1.165, 1.54) is 0 Å². The Morgan fingerprint density at radius 2 is 1.41 bits per heavy atom. The number of nitrogens with two attached hydrogens (primary N) is 1. The number of imide groups is 1. The smallest absolute Gasteiger partial charge is 0.376 e. The number of urea groups is 1. The number of carbonyl (C=O) groups excluding carboxylic acids is 2. The zero-order valence-electron chi connectivity index (χ0n) is 10.6. The van der Waals surface area contributed by atoms with Gasteiger partial charge in [0.1, 0.15) is 0 Å². The summed E-state index contributed by atoms with van der Waals surface area (Å²) in [5.74, 6) is -1.02. The third-order valence-corrected chi connectivity index (χ3v) is 2.30. The number of carbonyl (C=O) groups is 2. The number of rotatable bonds is 3. The van der Waals surface area contributed by atoms with Crippen LogP contribution in [0.5, 0.6) is 0 Å². The van der Waals surface area contributed by atoms with Gasteiger partial charge in [0.15, 0.2) is 0 Å². The minimum absolute atomic E-state index is 0.0470. The van der Waals surface area contributed by atoms with Gasteiger partial charge >= 0.3 is 18.4 Å². The van der Waals surface area contributed by atoms with Crippen LogP contribution >= 0.6 is 0 Å². The Labute approximate surface area is 119 Å². The van der Waals surface area contributed by atoms with Crippen molar-refractivity contribution in [1.82, 2.24) is 5.32 Å². The Bertz CT molecular complexity index is 550. The van der Waals surface area contributed by atoms with Gasteiger partial charge in [-0.15, -0.1) is 0 Å². The number of hydrogen-bond acceptors (Lipinski definition) is 3. The molecule has 0 saturated heterocycles. The summed E-state index contributed by atoms with van der Waals surface area (Å²) in [6.45, 7) is -0.735. The molecule has 0 heterocycles. The van der Waals surface area contributed by atoms with Gasteiger partial charge in [0, 0.05) is 5.69 Å². The Hall–Kier alpha value is -2.46. The molecule has 0 fully saturated rings. The molecule has 0 bridgehead atoms. The van der Waals surface area contributed by atoms with E-state index >= 15 is 0 Å². The molecule has 0 saturated carbocycles. The van der Waals surface area contributed by atoms with Gasteiger partial charge in [0.25, 0.3) is 0 Å². The van der Waals surface area contributed by atoms with Crippen molar-refractivity contribution in [2.45, 2.75) is 12.4 Å². The second-order valence-corrected chi connectivity index (χ2v) is 4.06. The molecule has 5 nitrogen and oxygen atoms in total. The molecule has 0 aliphatic heterocycles. The maximum atomic E-state index is 12.6. The molecule has 0 spiro atoms. The third-order valence-electron chi connectivity index (χ3n) is 2.30. The number of anilines is 1. The lowest BCUT2D eigenvalue weighted by molar-refractivity contribution is -0.143. The zero-order chi connectivity index (χ0) is 17.1. The molecule has 0 radical (unpaired) electrons. The molecule has 0 atom stereocenters. The molecule has 1 aromatic carbocycles. The molecule has 0 aromatic heterocycles. The van der Waals surface area contributed by atoms with E-state index in [0.717, 1.165) is 0 Å². The van der Waals surface area contributed by atoms with Gasteiger partial charge in [0.2, 0.25) is 5.91 Å². The molecule has 0 unspecified atom stereocenters. The summed E-state index contributed by atoms with van der Waals surface area (Å²) in [5.41, 5.74) is 0.992. The predicted molar refractivity (Wildman–Crippen MR) is 62.7 cm³/mol. The lowest BCUT2D eigenvalue weighted by atomic mass is 10.1. The highest BCUT2D eigenvalue weighted by molar-refractivity contribution is 5.95. The molecule has 1 rings (SSSR count). The largest absolute Gasteiger partial charge is 0.416 e. The highest BCUT2D eigenvalue weighted by atomic mass is 19.4. The number of primary amides is 1. The number of nitrogens with one attached hydrogen (secondary N) is 2. The minimum Gasteiger partial charge on any atom is -0.376 e. The van der Waals surface area contributed by atoms with Gasteiger partial charge in [-0.05, 0) is 18.2 Å². The summed E-state index contributed by atoms with van der Waals surface area (Å²) in [6.07, 6.45) is -9.99. The van der Waals surface area contributed by atoms with Crippen molar-refractivity contribution in [2.75, 3.05) is 11.9 Å². The van der Waals surface area contributed by atoms with E-state index in [1.54, 1.807) is 5.32 Å². The van der Waals surface area contributed by atoms with Crippen LogP contribution in [0.15, 0.2) is 18.2 Å². The molecule has 4 N–H and O–H groups in total. The van der Waals surface area contributed by atoms with E-state index in [4.69, 9.17) is 0 Å². The highest BCUT2D eigenvalue weighted by Gasteiger charge is 2.36. The van der Waals surface area contributed by atoms with Gasteiger partial charge < -0.3 is 11.1 Å². The number of alkyl halides is 6. The second kappa shape index (κ2) is 6.12. The number of hydrogen-bond donors (Lipinski definition) is 3. The molecule has 11 heteroatoms. The van der Waals surface area contributed by atoms with Gasteiger partial charge in [-0.2, -0.15) is 26.3 Å². The quantitative estimate of drug-likeness (QED) is 0.744. The molecule has 0 aliphatic carbocycles. The van der Waals surface area contributed by atoms with Crippen LogP contribution in [0.4, 0.5) is 36.8 Å². The Morgan fingerprint density at radius 3 is 1.77 bits per heavy atom. The molecular formula is C11H9F6N3O2. The average Bonchev–Trinajstić information content (AvgIpc) is 2.33. The van der Waals surface area contributed by atoms with E-state index in [0.29, 0.717) is 12.1 Å². The SMILES string of the molecule is NC(=O)NC(=O)CNc1cc(C(F)(F)F)cc(C(F)(F)F)c1. The topological polar surface area (TPSA) is 84.2 Å². The van der Waals surface area contributed by atoms with Crippen molar-refractivity contribution in [2.24, 2.45) is 5.73 Å². The first-order valence-corrected chi connectivity index (χ1v) is 5.52. The lowest BCUT2D eigenvalue weighted by Crippen LogP contribution is -2.38. The maximum absolute atomic E-state index is 12.6. The summed E-state index contributed by atoms with van der Waals surface area (Å²) in [7, 11) is 0. The minimum atomic E-state index is -4.99. The van der Waals surface area contributed by atoms with Crippen molar-refractivity contribution in [3.8, 4) is 0 Å². The molecule has 122 valence electrons. The molecule has 3 amide bonds. The average molecular weight is 329 g/mol. The monoisotopic (exact) mass is 329 g/mol. The molecular weight excluding hydrogens is 320 g/mol. The fourth-order valence-electron chi connectivity index (χ4n) is 1.42. The van der Waals surface area contributed by atoms with Crippen LogP contribution in [0.3, 0.4) is 0 Å². The lowest BCUT2D eigenvalue weighted by Gasteiger charge is -2.15. The van der Waals surface area contributed by atoms with Crippen LogP contribution in [-0.2, 0) is 17.1 Å². The molecule has 1 aromatic rings. The normalized spacial score (nSPS) is 11.9. The van der Waals surface area contributed by atoms with Crippen molar-refractivity contribution < 1.29 is 35.9 Å². The number of halogens is 6. The van der Waals surface area contributed by atoms with Crippen LogP contribution in [0, 0.1) is 0 Å². The van der Waals surface area contributed by atoms with E-state index in [2.05, 4.69) is 11.1 Å². The van der Waals surface area contributed by atoms with E-state index in [9.17, 15) is 35.9 Å². The Morgan fingerprint density at radius 1 is 0.955 bits per heavy atom. The van der Waals surface area contributed by atoms with Crippen LogP contribution in [-0.4, -0.2) is 18.5 Å². The summed E-state index contributed by atoms with van der Waals surface area (Å²) in [5, 5.41) is 3.65. The van der Waals surface area contributed by atoms with Gasteiger partial charge in [0.05, 0.1) is 17.7 Å². The van der Waals surface area contributed by atoms with E-state index in [1.807, 2.05) is 0 Å². The fraction of sp³-hybridized carbons (Fsp3) is 0.273. The summed E-state index contributed by atoms with van der Waals surface area (Å²) >= 11 is 0. The van der Waals surface area contributed by atoms with Crippen molar-refractivity contribution in [3.63, 3.8) is 0 Å². The zero-order valence-corrected chi connectivity index (χ0v) is 10.6.